The minimum absolute atomic E-state index is 0.145. The van der Waals surface area contributed by atoms with E-state index in [9.17, 15) is 9.59 Å². The highest BCUT2D eigenvalue weighted by atomic mass is 32.2. The lowest BCUT2D eigenvalue weighted by molar-refractivity contribution is 0.102. The highest BCUT2D eigenvalue weighted by Crippen LogP contribution is 2.33. The van der Waals surface area contributed by atoms with Gasteiger partial charge in [0.15, 0.2) is 0 Å². The molecule has 0 aliphatic carbocycles. The van der Waals surface area contributed by atoms with Crippen molar-refractivity contribution in [3.8, 4) is 11.1 Å². The molecule has 1 N–H and O–H groups in total. The second kappa shape index (κ2) is 11.7. The number of nitrogens with one attached hydrogen (secondary N) is 1. The van der Waals surface area contributed by atoms with E-state index in [4.69, 9.17) is 0 Å². The summed E-state index contributed by atoms with van der Waals surface area (Å²) in [6.45, 7) is 9.28. The van der Waals surface area contributed by atoms with Crippen molar-refractivity contribution in [1.82, 2.24) is 9.88 Å². The first kappa shape index (κ1) is 25.2. The van der Waals surface area contributed by atoms with Gasteiger partial charge in [0.1, 0.15) is 5.69 Å². The number of aromatic nitrogens is 1. The number of rotatable bonds is 7. The Morgan fingerprint density at radius 2 is 1.86 bits per heavy atom. The molecule has 0 saturated carbocycles. The summed E-state index contributed by atoms with van der Waals surface area (Å²) in [5.41, 5.74) is 5.62. The van der Waals surface area contributed by atoms with Crippen molar-refractivity contribution in [2.45, 2.75) is 39.0 Å². The zero-order valence-electron chi connectivity index (χ0n) is 20.3. The van der Waals surface area contributed by atoms with Gasteiger partial charge in [0.05, 0.1) is 5.01 Å². The van der Waals surface area contributed by atoms with Crippen molar-refractivity contribution in [3.63, 3.8) is 0 Å². The summed E-state index contributed by atoms with van der Waals surface area (Å²) in [5, 5.41) is 6.03. The SMILES string of the molecule is C=CCCSC(=O)N1CCC(c2nc(C(=O)Nc3ccc(C)cc3-c3ccc(C)cc3)cs2)CC1. The first-order chi connectivity index (χ1) is 16.9. The summed E-state index contributed by atoms with van der Waals surface area (Å²) >= 11 is 2.90. The fraction of sp³-hybridized carbons (Fsp3) is 0.321. The smallest absolute Gasteiger partial charge is 0.281 e. The van der Waals surface area contributed by atoms with Crippen LogP contribution in [-0.2, 0) is 0 Å². The number of thioether (sulfide) groups is 1. The van der Waals surface area contributed by atoms with Crippen LogP contribution < -0.4 is 5.32 Å². The van der Waals surface area contributed by atoms with E-state index in [0.717, 1.165) is 65.5 Å². The van der Waals surface area contributed by atoms with Crippen LogP contribution in [0.15, 0.2) is 60.5 Å². The molecule has 182 valence electrons. The molecule has 0 spiro atoms. The zero-order chi connectivity index (χ0) is 24.8. The van der Waals surface area contributed by atoms with Crippen molar-refractivity contribution < 1.29 is 9.59 Å². The average Bonchev–Trinajstić information content (AvgIpc) is 3.36. The molecule has 3 aromatic rings. The molecule has 4 rings (SSSR count). The van der Waals surface area contributed by atoms with Crippen LogP contribution in [0, 0.1) is 13.8 Å². The predicted octanol–water partition coefficient (Wildman–Crippen LogP) is 7.29. The first-order valence-corrected chi connectivity index (χ1v) is 13.8. The van der Waals surface area contributed by atoms with E-state index >= 15 is 0 Å². The van der Waals surface area contributed by atoms with Crippen LogP contribution in [0.4, 0.5) is 10.5 Å². The van der Waals surface area contributed by atoms with Crippen LogP contribution in [0.25, 0.3) is 11.1 Å². The number of nitrogens with zero attached hydrogens (tertiary/aromatic N) is 2. The number of hydrogen-bond donors (Lipinski definition) is 1. The van der Waals surface area contributed by atoms with Crippen molar-refractivity contribution in [2.75, 3.05) is 24.2 Å². The molecule has 0 atom stereocenters. The fourth-order valence-corrected chi connectivity index (χ4v) is 5.93. The van der Waals surface area contributed by atoms with E-state index in [0.29, 0.717) is 5.69 Å². The number of thiazole rings is 1. The third-order valence-electron chi connectivity index (χ3n) is 6.19. The Hall–Kier alpha value is -2.90. The van der Waals surface area contributed by atoms with Gasteiger partial charge in [0.2, 0.25) is 0 Å². The predicted molar refractivity (Wildman–Crippen MR) is 148 cm³/mol. The summed E-state index contributed by atoms with van der Waals surface area (Å²) in [4.78, 5) is 32.0. The monoisotopic (exact) mass is 505 g/mol. The lowest BCUT2D eigenvalue weighted by atomic mass is 9.98. The van der Waals surface area contributed by atoms with Crippen LogP contribution in [0.5, 0.6) is 0 Å². The molecule has 35 heavy (non-hydrogen) atoms. The van der Waals surface area contributed by atoms with E-state index in [-0.39, 0.29) is 17.1 Å². The molecule has 1 aromatic heterocycles. The normalized spacial score (nSPS) is 14.1. The molecule has 0 unspecified atom stereocenters. The van der Waals surface area contributed by atoms with Gasteiger partial charge in [-0.15, -0.1) is 17.9 Å². The van der Waals surface area contributed by atoms with E-state index in [2.05, 4.69) is 61.1 Å². The summed E-state index contributed by atoms with van der Waals surface area (Å²) in [6.07, 6.45) is 4.42. The van der Waals surface area contributed by atoms with Gasteiger partial charge in [-0.3, -0.25) is 9.59 Å². The van der Waals surface area contributed by atoms with Gasteiger partial charge >= 0.3 is 0 Å². The summed E-state index contributed by atoms with van der Waals surface area (Å²) < 4.78 is 0. The minimum Gasteiger partial charge on any atom is -0.334 e. The second-order valence-electron chi connectivity index (χ2n) is 8.89. The number of piperidine rings is 1. The average molecular weight is 506 g/mol. The molecular weight excluding hydrogens is 474 g/mol. The maximum atomic E-state index is 13.1. The highest BCUT2D eigenvalue weighted by molar-refractivity contribution is 8.13. The van der Waals surface area contributed by atoms with Gasteiger partial charge in [-0.2, -0.15) is 0 Å². The van der Waals surface area contributed by atoms with Gasteiger partial charge in [0, 0.05) is 41.4 Å². The van der Waals surface area contributed by atoms with Crippen LogP contribution >= 0.6 is 23.1 Å². The Morgan fingerprint density at radius 3 is 2.57 bits per heavy atom. The lowest BCUT2D eigenvalue weighted by Crippen LogP contribution is -2.35. The number of allylic oxidation sites excluding steroid dienone is 1. The van der Waals surface area contributed by atoms with E-state index in [1.165, 1.54) is 28.7 Å². The number of carbonyl (C=O) groups excluding carboxylic acids is 2. The van der Waals surface area contributed by atoms with Crippen LogP contribution in [0.1, 0.15) is 51.8 Å². The van der Waals surface area contributed by atoms with Gasteiger partial charge < -0.3 is 10.2 Å². The Kier molecular flexibility index (Phi) is 8.42. The molecule has 1 aliphatic heterocycles. The maximum absolute atomic E-state index is 13.1. The molecule has 7 heteroatoms. The van der Waals surface area contributed by atoms with Crippen LogP contribution in [0.2, 0.25) is 0 Å². The Morgan fingerprint density at radius 1 is 1.14 bits per heavy atom. The molecule has 0 radical (unpaired) electrons. The number of hydrogen-bond acceptors (Lipinski definition) is 5. The third kappa shape index (κ3) is 6.41. The van der Waals surface area contributed by atoms with Gasteiger partial charge in [0.25, 0.3) is 11.1 Å². The van der Waals surface area contributed by atoms with E-state index < -0.39 is 0 Å². The highest BCUT2D eigenvalue weighted by Gasteiger charge is 2.26. The number of likely N-dealkylation sites (tertiary alicyclic amines) is 1. The second-order valence-corrected chi connectivity index (χ2v) is 10.8. The zero-order valence-corrected chi connectivity index (χ0v) is 21.9. The molecule has 5 nitrogen and oxygen atoms in total. The number of carbonyl (C=O) groups is 2. The molecule has 1 aliphatic rings. The number of aryl methyl sites for hydroxylation is 2. The fourth-order valence-electron chi connectivity index (χ4n) is 4.13. The van der Waals surface area contributed by atoms with E-state index in [1.54, 1.807) is 0 Å². The van der Waals surface area contributed by atoms with Crippen molar-refractivity contribution in [1.29, 1.82) is 0 Å². The summed E-state index contributed by atoms with van der Waals surface area (Å²) in [5.74, 6) is 0.863. The van der Waals surface area contributed by atoms with Gasteiger partial charge in [-0.05, 0) is 50.8 Å². The van der Waals surface area contributed by atoms with Crippen LogP contribution in [-0.4, -0.2) is 39.9 Å². The number of amides is 2. The largest absolute Gasteiger partial charge is 0.334 e. The van der Waals surface area contributed by atoms with Crippen molar-refractivity contribution in [2.24, 2.45) is 0 Å². The van der Waals surface area contributed by atoms with Crippen molar-refractivity contribution in [3.05, 3.63) is 82.3 Å². The van der Waals surface area contributed by atoms with Crippen molar-refractivity contribution >= 4 is 39.9 Å². The number of benzene rings is 2. The molecule has 2 aromatic carbocycles. The van der Waals surface area contributed by atoms with Gasteiger partial charge in [-0.25, -0.2) is 4.98 Å². The molecule has 1 fully saturated rings. The maximum Gasteiger partial charge on any atom is 0.281 e. The summed E-state index contributed by atoms with van der Waals surface area (Å²) in [7, 11) is 0. The molecular formula is C28H31N3O2S2. The molecule has 2 heterocycles. The number of anilines is 1. The Bertz CT molecular complexity index is 1200. The molecule has 2 amide bonds. The van der Waals surface area contributed by atoms with Crippen LogP contribution in [0.3, 0.4) is 0 Å². The minimum atomic E-state index is -0.198. The topological polar surface area (TPSA) is 62.3 Å². The van der Waals surface area contributed by atoms with Gasteiger partial charge in [-0.1, -0.05) is 59.3 Å². The third-order valence-corrected chi connectivity index (χ3v) is 8.14. The van der Waals surface area contributed by atoms with E-state index in [1.807, 2.05) is 28.5 Å². The molecule has 1 saturated heterocycles. The quantitative estimate of drug-likeness (QED) is 0.271. The standard InChI is InChI=1S/C28H31N3O2S2/c1-4-5-16-34-28(33)31-14-12-22(13-15-31)27-30-25(18-35-27)26(32)29-24-11-8-20(3)17-23(24)21-9-6-19(2)7-10-21/h4,6-11,17-18,22H,1,5,12-16H2,2-3H3,(H,29,32). The Labute approximate surface area is 215 Å². The lowest BCUT2D eigenvalue weighted by Gasteiger charge is -2.30. The first-order valence-electron chi connectivity index (χ1n) is 11.9. The Balaban J connectivity index is 1.40. The molecule has 0 bridgehead atoms. The summed E-state index contributed by atoms with van der Waals surface area (Å²) in [6, 6.07) is 14.4.